The molecule has 4 rings (SSSR count). The van der Waals surface area contributed by atoms with Crippen LogP contribution in [0.5, 0.6) is 5.75 Å². The summed E-state index contributed by atoms with van der Waals surface area (Å²) < 4.78 is 10.7. The number of aromatic amines is 1. The summed E-state index contributed by atoms with van der Waals surface area (Å²) in [6, 6.07) is 13.9. The van der Waals surface area contributed by atoms with Gasteiger partial charge < -0.3 is 19.4 Å². The Morgan fingerprint density at radius 3 is 2.67 bits per heavy atom. The van der Waals surface area contributed by atoms with Crippen LogP contribution in [0.3, 0.4) is 0 Å². The molecule has 1 N–H and O–H groups in total. The molecular formula is C22H24N2O3. The van der Waals surface area contributed by atoms with Gasteiger partial charge in [0.1, 0.15) is 5.75 Å². The Labute approximate surface area is 158 Å². The molecule has 0 unspecified atom stereocenters. The number of aromatic nitrogens is 1. The number of rotatable bonds is 6. The highest BCUT2D eigenvalue weighted by Gasteiger charge is 2.13. The third kappa shape index (κ3) is 3.83. The van der Waals surface area contributed by atoms with Crippen molar-refractivity contribution in [2.75, 3.05) is 38.3 Å². The number of hydrogen-bond acceptors (Lipinski definition) is 4. The van der Waals surface area contributed by atoms with Crippen molar-refractivity contribution in [3.63, 3.8) is 0 Å². The first-order chi connectivity index (χ1) is 13.2. The van der Waals surface area contributed by atoms with E-state index in [-0.39, 0.29) is 5.78 Å². The van der Waals surface area contributed by atoms with E-state index in [1.807, 2.05) is 48.7 Å². The number of carbonyl (C=O) groups excluding carboxylic acids is 1. The minimum atomic E-state index is 0.167. The van der Waals surface area contributed by atoms with Crippen molar-refractivity contribution >= 4 is 22.4 Å². The Morgan fingerprint density at radius 2 is 1.93 bits per heavy atom. The highest BCUT2D eigenvalue weighted by atomic mass is 16.5. The first kappa shape index (κ1) is 17.6. The molecule has 5 nitrogen and oxygen atoms in total. The number of fused-ring (bicyclic) bond motifs is 1. The maximum absolute atomic E-state index is 12.6. The smallest absolute Gasteiger partial charge is 0.163 e. The Hall–Kier alpha value is -2.79. The number of carbonyl (C=O) groups is 1. The fourth-order valence-electron chi connectivity index (χ4n) is 3.56. The van der Waals surface area contributed by atoms with Gasteiger partial charge in [0.25, 0.3) is 0 Å². The summed E-state index contributed by atoms with van der Waals surface area (Å²) >= 11 is 0. The zero-order chi connectivity index (χ0) is 18.6. The lowest BCUT2D eigenvalue weighted by molar-refractivity contribution is 0.0983. The molecule has 0 radical (unpaired) electrons. The Morgan fingerprint density at radius 1 is 1.15 bits per heavy atom. The third-order valence-corrected chi connectivity index (χ3v) is 5.16. The predicted octanol–water partition coefficient (Wildman–Crippen LogP) is 3.83. The van der Waals surface area contributed by atoms with E-state index in [4.69, 9.17) is 9.47 Å². The largest absolute Gasteiger partial charge is 0.497 e. The number of methoxy groups -OCH3 is 1. The van der Waals surface area contributed by atoms with Crippen molar-refractivity contribution in [2.45, 2.75) is 12.8 Å². The number of ether oxygens (including phenoxy) is 2. The van der Waals surface area contributed by atoms with Gasteiger partial charge in [-0.2, -0.15) is 0 Å². The van der Waals surface area contributed by atoms with Gasteiger partial charge in [0.05, 0.1) is 20.3 Å². The van der Waals surface area contributed by atoms with Crippen LogP contribution in [0, 0.1) is 0 Å². The number of hydrogen-bond donors (Lipinski definition) is 1. The minimum Gasteiger partial charge on any atom is -0.497 e. The molecule has 2 aromatic carbocycles. The number of aryl methyl sites for hydroxylation is 1. The molecule has 0 saturated carbocycles. The van der Waals surface area contributed by atoms with Crippen molar-refractivity contribution < 1.29 is 14.3 Å². The van der Waals surface area contributed by atoms with Crippen molar-refractivity contribution in [1.29, 1.82) is 0 Å². The van der Waals surface area contributed by atoms with Gasteiger partial charge >= 0.3 is 0 Å². The van der Waals surface area contributed by atoms with Gasteiger partial charge in [-0.15, -0.1) is 0 Å². The number of H-pyrrole nitrogens is 1. The van der Waals surface area contributed by atoms with Crippen LogP contribution >= 0.6 is 0 Å². The highest BCUT2D eigenvalue weighted by molar-refractivity contribution is 5.97. The third-order valence-electron chi connectivity index (χ3n) is 5.16. The van der Waals surface area contributed by atoms with Gasteiger partial charge in [0, 0.05) is 47.9 Å². The van der Waals surface area contributed by atoms with Gasteiger partial charge in [-0.1, -0.05) is 0 Å². The molecule has 1 aromatic heterocycles. The van der Waals surface area contributed by atoms with Crippen LogP contribution in [-0.2, 0) is 11.2 Å². The quantitative estimate of drug-likeness (QED) is 0.676. The van der Waals surface area contributed by atoms with Gasteiger partial charge in [-0.3, -0.25) is 4.79 Å². The molecule has 2 heterocycles. The molecule has 1 saturated heterocycles. The van der Waals surface area contributed by atoms with Crippen molar-refractivity contribution in [1.82, 2.24) is 4.98 Å². The van der Waals surface area contributed by atoms with Crippen LogP contribution in [0.4, 0.5) is 5.69 Å². The molecule has 0 aliphatic carbocycles. The average Bonchev–Trinajstić information content (AvgIpc) is 3.15. The summed E-state index contributed by atoms with van der Waals surface area (Å²) in [5.41, 5.74) is 4.12. The Kier molecular flexibility index (Phi) is 5.12. The molecule has 0 atom stereocenters. The van der Waals surface area contributed by atoms with E-state index in [0.29, 0.717) is 12.8 Å². The molecule has 0 bridgehead atoms. The van der Waals surface area contributed by atoms with E-state index in [0.717, 1.165) is 59.8 Å². The lowest BCUT2D eigenvalue weighted by Crippen LogP contribution is -2.36. The molecule has 140 valence electrons. The Balaban J connectivity index is 1.42. The van der Waals surface area contributed by atoms with Gasteiger partial charge in [0.15, 0.2) is 5.78 Å². The topological polar surface area (TPSA) is 54.6 Å². The lowest BCUT2D eigenvalue weighted by Gasteiger charge is -2.28. The van der Waals surface area contributed by atoms with Crippen LogP contribution in [0.15, 0.2) is 48.7 Å². The minimum absolute atomic E-state index is 0.167. The van der Waals surface area contributed by atoms with E-state index in [1.165, 1.54) is 0 Å². The maximum Gasteiger partial charge on any atom is 0.163 e. The summed E-state index contributed by atoms with van der Waals surface area (Å²) in [7, 11) is 1.66. The molecule has 1 aliphatic heterocycles. The lowest BCUT2D eigenvalue weighted by atomic mass is 10.0. The number of anilines is 1. The molecular weight excluding hydrogens is 340 g/mol. The van der Waals surface area contributed by atoms with Gasteiger partial charge in [-0.05, 0) is 54.4 Å². The molecule has 0 spiro atoms. The second-order valence-electron chi connectivity index (χ2n) is 6.79. The number of ketones is 1. The molecule has 1 aliphatic rings. The number of benzene rings is 2. The number of nitrogens with one attached hydrogen (secondary N) is 1. The van der Waals surface area contributed by atoms with Crippen LogP contribution in [0.2, 0.25) is 0 Å². The van der Waals surface area contributed by atoms with Crippen LogP contribution in [-0.4, -0.2) is 44.2 Å². The monoisotopic (exact) mass is 364 g/mol. The summed E-state index contributed by atoms with van der Waals surface area (Å²) in [5.74, 6) is 0.995. The van der Waals surface area contributed by atoms with Crippen molar-refractivity contribution in [3.05, 3.63) is 59.8 Å². The number of morpholine rings is 1. The van der Waals surface area contributed by atoms with Gasteiger partial charge in [0.2, 0.25) is 0 Å². The summed E-state index contributed by atoms with van der Waals surface area (Å²) in [6.07, 6.45) is 3.18. The summed E-state index contributed by atoms with van der Waals surface area (Å²) in [4.78, 5) is 18.2. The van der Waals surface area contributed by atoms with Crippen LogP contribution in [0.1, 0.15) is 22.3 Å². The molecule has 1 fully saturated rings. The second kappa shape index (κ2) is 7.84. The van der Waals surface area contributed by atoms with Crippen LogP contribution in [0.25, 0.3) is 10.9 Å². The van der Waals surface area contributed by atoms with E-state index < -0.39 is 0 Å². The van der Waals surface area contributed by atoms with Gasteiger partial charge in [-0.25, -0.2) is 0 Å². The average molecular weight is 364 g/mol. The van der Waals surface area contributed by atoms with Crippen molar-refractivity contribution in [2.24, 2.45) is 0 Å². The standard InChI is InChI=1S/C22H24N2O3/c1-26-19-7-8-21-20(14-19)17(15-23-21)4-9-22(25)16-2-5-18(6-3-16)24-10-12-27-13-11-24/h2-3,5-8,14-15,23H,4,9-13H2,1H3. The Bertz CT molecular complexity index is 924. The van der Waals surface area contributed by atoms with Crippen LogP contribution < -0.4 is 9.64 Å². The molecule has 0 amide bonds. The summed E-state index contributed by atoms with van der Waals surface area (Å²) in [6.45, 7) is 3.32. The fraction of sp³-hybridized carbons (Fsp3) is 0.318. The SMILES string of the molecule is COc1ccc2[nH]cc(CCC(=O)c3ccc(N4CCOCC4)cc3)c2c1. The molecule has 5 heteroatoms. The van der Waals surface area contributed by atoms with E-state index in [9.17, 15) is 4.79 Å². The first-order valence-electron chi connectivity index (χ1n) is 9.34. The molecule has 27 heavy (non-hydrogen) atoms. The van der Waals surface area contributed by atoms with Crippen molar-refractivity contribution in [3.8, 4) is 5.75 Å². The number of Topliss-reactive ketones (excluding diaryl/α,β-unsaturated/α-hetero) is 1. The fourth-order valence-corrected chi connectivity index (χ4v) is 3.56. The van der Waals surface area contributed by atoms with E-state index in [2.05, 4.69) is 9.88 Å². The van der Waals surface area contributed by atoms with E-state index >= 15 is 0 Å². The first-order valence-corrected chi connectivity index (χ1v) is 9.34. The maximum atomic E-state index is 12.6. The summed E-state index contributed by atoms with van der Waals surface area (Å²) in [5, 5.41) is 1.12. The zero-order valence-electron chi connectivity index (χ0n) is 15.5. The number of nitrogens with zero attached hydrogens (tertiary/aromatic N) is 1. The zero-order valence-corrected chi connectivity index (χ0v) is 15.5. The molecule has 3 aromatic rings. The second-order valence-corrected chi connectivity index (χ2v) is 6.79. The highest BCUT2D eigenvalue weighted by Crippen LogP contribution is 2.25. The normalized spacial score (nSPS) is 14.5. The predicted molar refractivity (Wildman–Crippen MR) is 107 cm³/mol. The van der Waals surface area contributed by atoms with E-state index in [1.54, 1.807) is 7.11 Å².